The van der Waals surface area contributed by atoms with Crippen molar-refractivity contribution in [1.82, 2.24) is 0 Å². The Balaban J connectivity index is 2.71. The summed E-state index contributed by atoms with van der Waals surface area (Å²) in [7, 11) is 0. The van der Waals surface area contributed by atoms with Gasteiger partial charge in [0.25, 0.3) is 0 Å². The molecule has 0 aliphatic heterocycles. The number of anilines is 1. The smallest absolute Gasteiger partial charge is 0.228 e. The lowest BCUT2D eigenvalue weighted by Crippen LogP contribution is -2.29. The Hall–Kier alpha value is -1.35. The van der Waals surface area contributed by atoms with Crippen molar-refractivity contribution in [1.29, 1.82) is 0 Å². The van der Waals surface area contributed by atoms with Crippen LogP contribution in [0.2, 0.25) is 0 Å². The number of nitrogens with one attached hydrogen (secondary N) is 1. The Morgan fingerprint density at radius 1 is 1.39 bits per heavy atom. The van der Waals surface area contributed by atoms with E-state index >= 15 is 0 Å². The van der Waals surface area contributed by atoms with Crippen LogP contribution >= 0.6 is 0 Å². The highest BCUT2D eigenvalue weighted by atomic mass is 16.1. The van der Waals surface area contributed by atoms with Gasteiger partial charge in [-0.15, -0.1) is 0 Å². The van der Waals surface area contributed by atoms with E-state index in [-0.39, 0.29) is 11.8 Å². The largest absolute Gasteiger partial charge is 0.330 e. The molecule has 18 heavy (non-hydrogen) atoms. The summed E-state index contributed by atoms with van der Waals surface area (Å²) in [4.78, 5) is 12.0. The molecule has 3 heteroatoms. The minimum absolute atomic E-state index is 0.0280. The number of hydrogen-bond donors (Lipinski definition) is 2. The Morgan fingerprint density at radius 2 is 2.11 bits per heavy atom. The summed E-state index contributed by atoms with van der Waals surface area (Å²) in [5, 5.41) is 2.95. The van der Waals surface area contributed by atoms with Gasteiger partial charge in [-0.05, 0) is 30.0 Å². The number of carbonyl (C=O) groups excluding carboxylic acids is 1. The van der Waals surface area contributed by atoms with Gasteiger partial charge in [0.1, 0.15) is 0 Å². The molecule has 3 nitrogen and oxygen atoms in total. The minimum atomic E-state index is -0.0855. The lowest BCUT2D eigenvalue weighted by molar-refractivity contribution is -0.119. The van der Waals surface area contributed by atoms with Gasteiger partial charge in [0.15, 0.2) is 0 Å². The van der Waals surface area contributed by atoms with E-state index in [1.54, 1.807) is 0 Å². The number of carbonyl (C=O) groups is 1. The number of nitrogens with two attached hydrogens (primary N) is 1. The zero-order chi connectivity index (χ0) is 13.5. The van der Waals surface area contributed by atoms with Crippen LogP contribution in [0.1, 0.15) is 45.1 Å². The second kappa shape index (κ2) is 7.17. The molecule has 1 aromatic rings. The molecule has 1 atom stereocenters. The lowest BCUT2D eigenvalue weighted by atomic mass is 10.0. The highest BCUT2D eigenvalue weighted by Crippen LogP contribution is 2.19. The van der Waals surface area contributed by atoms with Gasteiger partial charge in [-0.1, -0.05) is 39.3 Å². The summed E-state index contributed by atoms with van der Waals surface area (Å²) in [6.07, 6.45) is 1.81. The molecule has 1 amide bonds. The molecule has 0 saturated heterocycles. The van der Waals surface area contributed by atoms with E-state index in [0.717, 1.165) is 18.5 Å². The number of rotatable bonds is 6. The fourth-order valence-electron chi connectivity index (χ4n) is 1.92. The number of hydrogen-bond acceptors (Lipinski definition) is 2. The SMILES string of the molecule is CCCC(CN)C(=O)Nc1cccc(C(C)C)c1. The minimum Gasteiger partial charge on any atom is -0.330 e. The number of amides is 1. The van der Waals surface area contributed by atoms with Gasteiger partial charge in [-0.25, -0.2) is 0 Å². The van der Waals surface area contributed by atoms with Gasteiger partial charge >= 0.3 is 0 Å². The molecule has 0 aromatic heterocycles. The maximum Gasteiger partial charge on any atom is 0.228 e. The third-order valence-corrected chi connectivity index (χ3v) is 3.11. The second-order valence-electron chi connectivity index (χ2n) is 4.99. The van der Waals surface area contributed by atoms with Gasteiger partial charge in [0, 0.05) is 12.2 Å². The van der Waals surface area contributed by atoms with Gasteiger partial charge in [-0.2, -0.15) is 0 Å². The molecule has 0 spiro atoms. The topological polar surface area (TPSA) is 55.1 Å². The Morgan fingerprint density at radius 3 is 2.67 bits per heavy atom. The molecule has 3 N–H and O–H groups in total. The summed E-state index contributed by atoms with van der Waals surface area (Å²) in [5.41, 5.74) is 7.72. The maximum atomic E-state index is 12.0. The zero-order valence-corrected chi connectivity index (χ0v) is 11.6. The van der Waals surface area contributed by atoms with Gasteiger partial charge in [-0.3, -0.25) is 4.79 Å². The molecule has 0 aliphatic carbocycles. The van der Waals surface area contributed by atoms with Crippen molar-refractivity contribution < 1.29 is 4.79 Å². The molecule has 1 rings (SSSR count). The standard InChI is InChI=1S/C15H24N2O/c1-4-6-13(10-16)15(18)17-14-8-5-7-12(9-14)11(2)3/h5,7-9,11,13H,4,6,10,16H2,1-3H3,(H,17,18). The highest BCUT2D eigenvalue weighted by Gasteiger charge is 2.15. The van der Waals surface area contributed by atoms with E-state index in [1.807, 2.05) is 18.2 Å². The van der Waals surface area contributed by atoms with E-state index < -0.39 is 0 Å². The highest BCUT2D eigenvalue weighted by molar-refractivity contribution is 5.92. The van der Waals surface area contributed by atoms with Crippen molar-refractivity contribution in [3.05, 3.63) is 29.8 Å². The predicted octanol–water partition coefficient (Wildman–Crippen LogP) is 3.12. The van der Waals surface area contributed by atoms with Crippen LogP contribution in [0.15, 0.2) is 24.3 Å². The molecular formula is C15H24N2O. The van der Waals surface area contributed by atoms with Crippen LogP contribution in [0.3, 0.4) is 0 Å². The van der Waals surface area contributed by atoms with Crippen molar-refractivity contribution in [3.63, 3.8) is 0 Å². The monoisotopic (exact) mass is 248 g/mol. The van der Waals surface area contributed by atoms with E-state index in [9.17, 15) is 4.79 Å². The molecule has 0 radical (unpaired) electrons. The zero-order valence-electron chi connectivity index (χ0n) is 11.6. The summed E-state index contributed by atoms with van der Waals surface area (Å²) in [6.45, 7) is 6.75. The quantitative estimate of drug-likeness (QED) is 0.812. The lowest BCUT2D eigenvalue weighted by Gasteiger charge is -2.15. The van der Waals surface area contributed by atoms with Gasteiger partial charge in [0.2, 0.25) is 5.91 Å². The normalized spacial score (nSPS) is 12.5. The van der Waals surface area contributed by atoms with Crippen LogP contribution in [0.4, 0.5) is 5.69 Å². The van der Waals surface area contributed by atoms with Crippen molar-refractivity contribution in [2.24, 2.45) is 11.7 Å². The summed E-state index contributed by atoms with van der Waals surface area (Å²) >= 11 is 0. The van der Waals surface area contributed by atoms with Crippen molar-refractivity contribution in [3.8, 4) is 0 Å². The van der Waals surface area contributed by atoms with Crippen LogP contribution < -0.4 is 11.1 Å². The molecular weight excluding hydrogens is 224 g/mol. The van der Waals surface area contributed by atoms with E-state index in [2.05, 4.69) is 32.2 Å². The van der Waals surface area contributed by atoms with Crippen molar-refractivity contribution in [2.45, 2.75) is 39.5 Å². The molecule has 0 heterocycles. The first kappa shape index (κ1) is 14.7. The Labute approximate surface area is 110 Å². The van der Waals surface area contributed by atoms with Crippen LogP contribution in [0.5, 0.6) is 0 Å². The van der Waals surface area contributed by atoms with Crippen LogP contribution in [0, 0.1) is 5.92 Å². The molecule has 0 aliphatic rings. The third-order valence-electron chi connectivity index (χ3n) is 3.11. The molecule has 0 bridgehead atoms. The summed E-state index contributed by atoms with van der Waals surface area (Å²) in [5.74, 6) is 0.403. The number of benzene rings is 1. The summed E-state index contributed by atoms with van der Waals surface area (Å²) < 4.78 is 0. The maximum absolute atomic E-state index is 12.0. The van der Waals surface area contributed by atoms with Crippen molar-refractivity contribution >= 4 is 11.6 Å². The van der Waals surface area contributed by atoms with Crippen molar-refractivity contribution in [2.75, 3.05) is 11.9 Å². The third kappa shape index (κ3) is 4.15. The van der Waals surface area contributed by atoms with Crippen LogP contribution in [-0.4, -0.2) is 12.5 Å². The first-order chi connectivity index (χ1) is 8.58. The van der Waals surface area contributed by atoms with E-state index in [0.29, 0.717) is 12.5 Å². The average Bonchev–Trinajstić information content (AvgIpc) is 2.36. The Bertz CT molecular complexity index is 388. The molecule has 1 aromatic carbocycles. The predicted molar refractivity (Wildman–Crippen MR) is 76.6 cm³/mol. The average molecular weight is 248 g/mol. The summed E-state index contributed by atoms with van der Waals surface area (Å²) in [6, 6.07) is 8.00. The van der Waals surface area contributed by atoms with Gasteiger partial charge < -0.3 is 11.1 Å². The van der Waals surface area contributed by atoms with Crippen LogP contribution in [0.25, 0.3) is 0 Å². The molecule has 1 unspecified atom stereocenters. The first-order valence-corrected chi connectivity index (χ1v) is 6.69. The van der Waals surface area contributed by atoms with E-state index in [4.69, 9.17) is 5.73 Å². The second-order valence-corrected chi connectivity index (χ2v) is 4.99. The van der Waals surface area contributed by atoms with Crippen LogP contribution in [-0.2, 0) is 4.79 Å². The first-order valence-electron chi connectivity index (χ1n) is 6.69. The van der Waals surface area contributed by atoms with E-state index in [1.165, 1.54) is 5.56 Å². The fourth-order valence-corrected chi connectivity index (χ4v) is 1.92. The molecule has 0 saturated carbocycles. The molecule has 0 fully saturated rings. The van der Waals surface area contributed by atoms with Gasteiger partial charge in [0.05, 0.1) is 5.92 Å². The fraction of sp³-hybridized carbons (Fsp3) is 0.533. The Kier molecular flexibility index (Phi) is 5.86. The molecule has 100 valence electrons.